The van der Waals surface area contributed by atoms with Gasteiger partial charge in [0, 0.05) is 6.54 Å². The van der Waals surface area contributed by atoms with Gasteiger partial charge in [-0.25, -0.2) is 13.5 Å². The molecule has 0 fully saturated rings. The smallest absolute Gasteiger partial charge is 0.255 e. The average Bonchev–Trinajstić information content (AvgIpc) is 3.07. The lowest BCUT2D eigenvalue weighted by Crippen LogP contribution is -2.24. The minimum atomic E-state index is -0.329. The van der Waals surface area contributed by atoms with E-state index in [9.17, 15) is 13.6 Å². The van der Waals surface area contributed by atoms with Crippen LogP contribution in [0.4, 0.5) is 8.78 Å². The molecule has 1 aromatic heterocycles. The zero-order valence-corrected chi connectivity index (χ0v) is 14.5. The molecule has 6 heteroatoms. The third-order valence-corrected chi connectivity index (χ3v) is 4.04. The van der Waals surface area contributed by atoms with Crippen molar-refractivity contribution in [2.24, 2.45) is 0 Å². The molecule has 0 spiro atoms. The van der Waals surface area contributed by atoms with Crippen molar-refractivity contribution in [2.45, 2.75) is 26.3 Å². The number of aromatic nitrogens is 2. The molecule has 0 aliphatic carbocycles. The molecule has 0 bridgehead atoms. The van der Waals surface area contributed by atoms with Gasteiger partial charge < -0.3 is 5.32 Å². The van der Waals surface area contributed by atoms with E-state index >= 15 is 0 Å². The quantitative estimate of drug-likeness (QED) is 0.745. The van der Waals surface area contributed by atoms with Gasteiger partial charge in [0.15, 0.2) is 0 Å². The number of benzene rings is 2. The second kappa shape index (κ2) is 7.47. The van der Waals surface area contributed by atoms with E-state index in [-0.39, 0.29) is 23.5 Å². The van der Waals surface area contributed by atoms with Crippen molar-refractivity contribution in [3.8, 4) is 5.69 Å². The normalized spacial score (nSPS) is 11.0. The number of rotatable bonds is 5. The maximum atomic E-state index is 13.2. The van der Waals surface area contributed by atoms with Crippen molar-refractivity contribution in [1.29, 1.82) is 0 Å². The van der Waals surface area contributed by atoms with E-state index < -0.39 is 0 Å². The SMILES string of the molecule is CC(C)c1c(C(=O)NCc2ccc(F)cc2)cnn1-c1ccc(F)cc1. The maximum absolute atomic E-state index is 13.2. The van der Waals surface area contributed by atoms with Crippen LogP contribution in [0.5, 0.6) is 0 Å². The summed E-state index contributed by atoms with van der Waals surface area (Å²) in [6.07, 6.45) is 1.51. The molecule has 0 saturated carbocycles. The lowest BCUT2D eigenvalue weighted by atomic mass is 10.0. The number of nitrogens with one attached hydrogen (secondary N) is 1. The summed E-state index contributed by atoms with van der Waals surface area (Å²) in [6, 6.07) is 11.9. The van der Waals surface area contributed by atoms with E-state index in [0.29, 0.717) is 17.8 Å². The number of carbonyl (C=O) groups is 1. The summed E-state index contributed by atoms with van der Waals surface area (Å²) >= 11 is 0. The number of hydrogen-bond donors (Lipinski definition) is 1. The number of hydrogen-bond acceptors (Lipinski definition) is 2. The fourth-order valence-corrected chi connectivity index (χ4v) is 2.76. The molecule has 3 rings (SSSR count). The number of halogens is 2. The zero-order valence-electron chi connectivity index (χ0n) is 14.5. The van der Waals surface area contributed by atoms with Crippen LogP contribution in [0, 0.1) is 11.6 Å². The minimum absolute atomic E-state index is 0.0362. The molecule has 1 heterocycles. The fraction of sp³-hybridized carbons (Fsp3) is 0.200. The second-order valence-corrected chi connectivity index (χ2v) is 6.30. The zero-order chi connectivity index (χ0) is 18.7. The Morgan fingerprint density at radius 1 is 1.04 bits per heavy atom. The molecule has 4 nitrogen and oxygen atoms in total. The van der Waals surface area contributed by atoms with E-state index in [0.717, 1.165) is 11.3 Å². The predicted octanol–water partition coefficient (Wildman–Crippen LogP) is 4.20. The Hall–Kier alpha value is -3.02. The van der Waals surface area contributed by atoms with Crippen LogP contribution in [-0.4, -0.2) is 15.7 Å². The first kappa shape index (κ1) is 17.8. The molecular weight excluding hydrogens is 336 g/mol. The van der Waals surface area contributed by atoms with E-state index in [2.05, 4.69) is 10.4 Å². The van der Waals surface area contributed by atoms with E-state index in [1.54, 1.807) is 28.9 Å². The molecule has 134 valence electrons. The maximum Gasteiger partial charge on any atom is 0.255 e. The van der Waals surface area contributed by atoms with Crippen LogP contribution in [0.15, 0.2) is 54.7 Å². The fourth-order valence-electron chi connectivity index (χ4n) is 2.76. The molecule has 0 aliphatic heterocycles. The van der Waals surface area contributed by atoms with Gasteiger partial charge in [0.1, 0.15) is 11.6 Å². The summed E-state index contributed by atoms with van der Waals surface area (Å²) in [5.41, 5.74) is 2.70. The third kappa shape index (κ3) is 3.79. The largest absolute Gasteiger partial charge is 0.348 e. The summed E-state index contributed by atoms with van der Waals surface area (Å²) < 4.78 is 27.8. The van der Waals surface area contributed by atoms with Gasteiger partial charge in [-0.2, -0.15) is 5.10 Å². The van der Waals surface area contributed by atoms with Crippen LogP contribution in [0.25, 0.3) is 5.69 Å². The van der Waals surface area contributed by atoms with Crippen molar-refractivity contribution in [3.63, 3.8) is 0 Å². The molecule has 0 saturated heterocycles. The van der Waals surface area contributed by atoms with Gasteiger partial charge in [-0.1, -0.05) is 26.0 Å². The molecule has 3 aromatic rings. The van der Waals surface area contributed by atoms with Crippen LogP contribution in [0.3, 0.4) is 0 Å². The summed E-state index contributed by atoms with van der Waals surface area (Å²) in [4.78, 5) is 12.6. The number of amides is 1. The van der Waals surface area contributed by atoms with E-state index in [1.165, 1.54) is 30.5 Å². The molecule has 0 radical (unpaired) electrons. The van der Waals surface area contributed by atoms with Gasteiger partial charge in [-0.3, -0.25) is 4.79 Å². The molecule has 1 N–H and O–H groups in total. The Kier molecular flexibility index (Phi) is 5.11. The molecule has 0 aliphatic rings. The number of nitrogens with zero attached hydrogens (tertiary/aromatic N) is 2. The van der Waals surface area contributed by atoms with Crippen molar-refractivity contribution in [2.75, 3.05) is 0 Å². The molecule has 1 amide bonds. The van der Waals surface area contributed by atoms with Crippen molar-refractivity contribution < 1.29 is 13.6 Å². The molecule has 0 atom stereocenters. The van der Waals surface area contributed by atoms with Gasteiger partial charge in [0.25, 0.3) is 5.91 Å². The molecule has 2 aromatic carbocycles. The average molecular weight is 355 g/mol. The van der Waals surface area contributed by atoms with Gasteiger partial charge >= 0.3 is 0 Å². The summed E-state index contributed by atoms with van der Waals surface area (Å²) in [7, 11) is 0. The van der Waals surface area contributed by atoms with Crippen molar-refractivity contribution in [1.82, 2.24) is 15.1 Å². The highest BCUT2D eigenvalue weighted by atomic mass is 19.1. The molecular formula is C20H19F2N3O. The predicted molar refractivity (Wildman–Crippen MR) is 95.2 cm³/mol. The van der Waals surface area contributed by atoms with Crippen molar-refractivity contribution in [3.05, 3.63) is 83.2 Å². The first-order valence-electron chi connectivity index (χ1n) is 8.32. The van der Waals surface area contributed by atoms with Crippen LogP contribution < -0.4 is 5.32 Å². The van der Waals surface area contributed by atoms with E-state index in [1.807, 2.05) is 13.8 Å². The molecule has 26 heavy (non-hydrogen) atoms. The first-order valence-corrected chi connectivity index (χ1v) is 8.32. The topological polar surface area (TPSA) is 46.9 Å². The Morgan fingerprint density at radius 2 is 1.62 bits per heavy atom. The van der Waals surface area contributed by atoms with Crippen molar-refractivity contribution >= 4 is 5.91 Å². The lowest BCUT2D eigenvalue weighted by Gasteiger charge is -2.13. The Bertz CT molecular complexity index is 900. The monoisotopic (exact) mass is 355 g/mol. The second-order valence-electron chi connectivity index (χ2n) is 6.30. The highest BCUT2D eigenvalue weighted by Gasteiger charge is 2.20. The van der Waals surface area contributed by atoms with Crippen LogP contribution in [0.2, 0.25) is 0 Å². The molecule has 0 unspecified atom stereocenters. The highest BCUT2D eigenvalue weighted by Crippen LogP contribution is 2.23. The van der Waals surface area contributed by atoms with Crippen LogP contribution in [-0.2, 0) is 6.54 Å². The summed E-state index contributed by atoms with van der Waals surface area (Å²) in [5.74, 6) is -0.868. The third-order valence-electron chi connectivity index (χ3n) is 4.04. The summed E-state index contributed by atoms with van der Waals surface area (Å²) in [6.45, 7) is 4.22. The summed E-state index contributed by atoms with van der Waals surface area (Å²) in [5, 5.41) is 7.14. The first-order chi connectivity index (χ1) is 12.5. The van der Waals surface area contributed by atoms with Crippen LogP contribution in [0.1, 0.15) is 41.4 Å². The Morgan fingerprint density at radius 3 is 2.19 bits per heavy atom. The standard InChI is InChI=1S/C20H19F2N3O/c1-13(2)19-18(12-24-25(19)17-9-7-16(22)8-10-17)20(26)23-11-14-3-5-15(21)6-4-14/h3-10,12-13H,11H2,1-2H3,(H,23,26). The Balaban J connectivity index is 1.83. The Labute approximate surface area is 150 Å². The lowest BCUT2D eigenvalue weighted by molar-refractivity contribution is 0.0949. The number of carbonyl (C=O) groups excluding carboxylic acids is 1. The van der Waals surface area contributed by atoms with Gasteiger partial charge in [-0.05, 0) is 47.9 Å². The van der Waals surface area contributed by atoms with Gasteiger partial charge in [0.05, 0.1) is 23.1 Å². The van der Waals surface area contributed by atoms with Crippen LogP contribution >= 0.6 is 0 Å². The highest BCUT2D eigenvalue weighted by molar-refractivity contribution is 5.95. The van der Waals surface area contributed by atoms with Gasteiger partial charge in [-0.15, -0.1) is 0 Å². The van der Waals surface area contributed by atoms with Gasteiger partial charge in [0.2, 0.25) is 0 Å². The minimum Gasteiger partial charge on any atom is -0.348 e. The van der Waals surface area contributed by atoms with E-state index in [4.69, 9.17) is 0 Å².